The van der Waals surface area contributed by atoms with Crippen molar-refractivity contribution in [2.24, 2.45) is 4.99 Å². The van der Waals surface area contributed by atoms with Gasteiger partial charge < -0.3 is 15.5 Å². The van der Waals surface area contributed by atoms with Crippen molar-refractivity contribution >= 4 is 47.6 Å². The van der Waals surface area contributed by atoms with Crippen LogP contribution in [0.5, 0.6) is 0 Å². The van der Waals surface area contributed by atoms with Crippen LogP contribution < -0.4 is 10.6 Å². The van der Waals surface area contributed by atoms with Crippen molar-refractivity contribution in [3.05, 3.63) is 0 Å². The van der Waals surface area contributed by atoms with Crippen molar-refractivity contribution in [3.8, 4) is 0 Å². The van der Waals surface area contributed by atoms with Gasteiger partial charge in [0.25, 0.3) is 0 Å². The van der Waals surface area contributed by atoms with Gasteiger partial charge in [-0.05, 0) is 19.8 Å². The van der Waals surface area contributed by atoms with Crippen molar-refractivity contribution in [3.63, 3.8) is 0 Å². The van der Waals surface area contributed by atoms with Crippen molar-refractivity contribution in [1.29, 1.82) is 0 Å². The molecule has 7 heteroatoms. The summed E-state index contributed by atoms with van der Waals surface area (Å²) < 4.78 is 0. The zero-order valence-electron chi connectivity index (χ0n) is 14.1. The maximum atomic E-state index is 11.6. The highest BCUT2D eigenvalue weighted by atomic mass is 127. The number of nitrogens with zero attached hydrogens (tertiary/aromatic N) is 2. The number of amides is 1. The Labute approximate surface area is 156 Å². The number of halogens is 1. The van der Waals surface area contributed by atoms with Crippen LogP contribution in [0, 0.1) is 0 Å². The van der Waals surface area contributed by atoms with E-state index in [0.29, 0.717) is 18.2 Å². The van der Waals surface area contributed by atoms with Gasteiger partial charge in [0.05, 0.1) is 6.54 Å². The molecule has 1 atom stereocenters. The fourth-order valence-corrected chi connectivity index (χ4v) is 3.38. The van der Waals surface area contributed by atoms with E-state index in [2.05, 4.69) is 53.1 Å². The van der Waals surface area contributed by atoms with Gasteiger partial charge in [0.1, 0.15) is 0 Å². The fourth-order valence-electron chi connectivity index (χ4n) is 2.20. The molecule has 0 bridgehead atoms. The third kappa shape index (κ3) is 8.45. The average Bonchev–Trinajstić information content (AvgIpc) is 2.52. The first kappa shape index (κ1) is 21.8. The van der Waals surface area contributed by atoms with Crippen molar-refractivity contribution < 1.29 is 4.79 Å². The quantitative estimate of drug-likeness (QED) is 0.361. The molecule has 2 N–H and O–H groups in total. The van der Waals surface area contributed by atoms with E-state index in [9.17, 15) is 4.79 Å². The number of thioether (sulfide) groups is 1. The highest BCUT2D eigenvalue weighted by Crippen LogP contribution is 2.20. The van der Waals surface area contributed by atoms with E-state index in [4.69, 9.17) is 0 Å². The van der Waals surface area contributed by atoms with Gasteiger partial charge in [-0.15, -0.1) is 24.0 Å². The molecule has 1 aliphatic rings. The predicted molar refractivity (Wildman–Crippen MR) is 107 cm³/mol. The molecule has 0 aromatic heterocycles. The topological polar surface area (TPSA) is 56.7 Å². The molecule has 1 amide bonds. The third-order valence-corrected chi connectivity index (χ3v) is 4.77. The molecular weight excluding hydrogens is 411 g/mol. The van der Waals surface area contributed by atoms with Crippen LogP contribution in [0.2, 0.25) is 0 Å². The van der Waals surface area contributed by atoms with E-state index in [1.807, 2.05) is 0 Å². The molecule has 1 aliphatic heterocycles. The molecule has 0 aliphatic carbocycles. The van der Waals surface area contributed by atoms with E-state index in [1.165, 1.54) is 6.42 Å². The molecule has 130 valence electrons. The number of aliphatic imine (C=N–C) groups is 1. The lowest BCUT2D eigenvalue weighted by molar-refractivity contribution is -0.120. The molecule has 1 unspecified atom stereocenters. The summed E-state index contributed by atoms with van der Waals surface area (Å²) >= 11 is 2.05. The Balaban J connectivity index is 0.00000441. The van der Waals surface area contributed by atoms with E-state index < -0.39 is 0 Å². The van der Waals surface area contributed by atoms with E-state index in [1.54, 1.807) is 0 Å². The molecular formula is C15H31IN4OS. The number of hydrogen-bond acceptors (Lipinski definition) is 3. The van der Waals surface area contributed by atoms with Gasteiger partial charge in [-0.2, -0.15) is 11.8 Å². The Kier molecular flexibility index (Phi) is 13.2. The minimum absolute atomic E-state index is 0. The van der Waals surface area contributed by atoms with Crippen LogP contribution in [-0.2, 0) is 4.79 Å². The summed E-state index contributed by atoms with van der Waals surface area (Å²) in [6.45, 7) is 10.6. The Morgan fingerprint density at radius 2 is 2.09 bits per heavy atom. The monoisotopic (exact) mass is 442 g/mol. The van der Waals surface area contributed by atoms with Crippen LogP contribution in [-0.4, -0.2) is 60.5 Å². The number of carbonyl (C=O) groups is 1. The summed E-state index contributed by atoms with van der Waals surface area (Å²) in [7, 11) is 0. The highest BCUT2D eigenvalue weighted by Gasteiger charge is 2.21. The smallest absolute Gasteiger partial charge is 0.221 e. The molecule has 22 heavy (non-hydrogen) atoms. The van der Waals surface area contributed by atoms with Crippen molar-refractivity contribution in [1.82, 2.24) is 15.5 Å². The molecule has 0 spiro atoms. The highest BCUT2D eigenvalue weighted by molar-refractivity contribution is 14.0. The zero-order chi connectivity index (χ0) is 15.5. The van der Waals surface area contributed by atoms with Gasteiger partial charge in [0.2, 0.25) is 5.91 Å². The van der Waals surface area contributed by atoms with E-state index in [0.717, 1.165) is 44.3 Å². The Morgan fingerprint density at radius 1 is 1.32 bits per heavy atom. The lowest BCUT2D eigenvalue weighted by atomic mass is 10.3. The molecule has 0 radical (unpaired) electrons. The van der Waals surface area contributed by atoms with Crippen LogP contribution in [0.25, 0.3) is 0 Å². The van der Waals surface area contributed by atoms with Crippen molar-refractivity contribution in [2.75, 3.05) is 38.5 Å². The van der Waals surface area contributed by atoms with Crippen LogP contribution in [0.3, 0.4) is 0 Å². The Bertz CT molecular complexity index is 342. The Morgan fingerprint density at radius 3 is 2.73 bits per heavy atom. The number of hydrogen-bond donors (Lipinski definition) is 2. The summed E-state index contributed by atoms with van der Waals surface area (Å²) in [6, 6.07) is 0. The molecule has 0 saturated carbocycles. The minimum Gasteiger partial charge on any atom is -0.357 e. The van der Waals surface area contributed by atoms with Gasteiger partial charge in [-0.3, -0.25) is 9.79 Å². The standard InChI is InChI=1S/C15H30N4OS.HI/c1-4-8-17-14(20)7-9-18-15(16-6-3)19-10-11-21-13(5-2)12-19;/h13H,4-12H2,1-3H3,(H,16,18)(H,17,20);1H. The molecule has 1 fully saturated rings. The first-order valence-electron chi connectivity index (χ1n) is 8.12. The third-order valence-electron chi connectivity index (χ3n) is 3.40. The second kappa shape index (κ2) is 13.3. The first-order chi connectivity index (χ1) is 10.2. The van der Waals surface area contributed by atoms with E-state index >= 15 is 0 Å². The number of rotatable bonds is 7. The Hall–Kier alpha value is -0.180. The number of nitrogens with one attached hydrogen (secondary N) is 2. The molecule has 0 aromatic rings. The van der Waals surface area contributed by atoms with Crippen LogP contribution >= 0.6 is 35.7 Å². The second-order valence-corrected chi connectivity index (χ2v) is 6.59. The lowest BCUT2D eigenvalue weighted by Crippen LogP contribution is -2.48. The summed E-state index contributed by atoms with van der Waals surface area (Å²) in [5.41, 5.74) is 0. The average molecular weight is 442 g/mol. The maximum Gasteiger partial charge on any atom is 0.221 e. The van der Waals surface area contributed by atoms with Crippen LogP contribution in [0.15, 0.2) is 4.99 Å². The molecule has 0 aromatic carbocycles. The first-order valence-corrected chi connectivity index (χ1v) is 9.17. The predicted octanol–water partition coefficient (Wildman–Crippen LogP) is 2.31. The normalized spacial score (nSPS) is 18.6. The zero-order valence-corrected chi connectivity index (χ0v) is 17.2. The summed E-state index contributed by atoms with van der Waals surface area (Å²) in [5.74, 6) is 2.21. The SMILES string of the molecule is CCCNC(=O)CCN=C(NCC)N1CCSC(CC)C1.I. The van der Waals surface area contributed by atoms with Crippen molar-refractivity contribution in [2.45, 2.75) is 45.3 Å². The molecule has 5 nitrogen and oxygen atoms in total. The minimum atomic E-state index is 0. The number of guanidine groups is 1. The van der Waals surface area contributed by atoms with Crippen LogP contribution in [0.1, 0.15) is 40.0 Å². The lowest BCUT2D eigenvalue weighted by Gasteiger charge is -2.34. The molecule has 1 heterocycles. The molecule has 1 rings (SSSR count). The maximum absolute atomic E-state index is 11.6. The summed E-state index contributed by atoms with van der Waals surface area (Å²) in [6.07, 6.45) is 2.64. The van der Waals surface area contributed by atoms with Gasteiger partial charge in [0, 0.05) is 43.6 Å². The van der Waals surface area contributed by atoms with Gasteiger partial charge in [0.15, 0.2) is 5.96 Å². The van der Waals surface area contributed by atoms with Gasteiger partial charge in [-0.1, -0.05) is 13.8 Å². The van der Waals surface area contributed by atoms with E-state index in [-0.39, 0.29) is 29.9 Å². The van der Waals surface area contributed by atoms with Gasteiger partial charge >= 0.3 is 0 Å². The summed E-state index contributed by atoms with van der Waals surface area (Å²) in [5, 5.41) is 6.93. The fraction of sp³-hybridized carbons (Fsp3) is 0.867. The molecule has 1 saturated heterocycles. The second-order valence-electron chi connectivity index (χ2n) is 5.18. The van der Waals surface area contributed by atoms with Gasteiger partial charge in [-0.25, -0.2) is 0 Å². The largest absolute Gasteiger partial charge is 0.357 e. The number of carbonyl (C=O) groups excluding carboxylic acids is 1. The summed E-state index contributed by atoms with van der Waals surface area (Å²) in [4.78, 5) is 18.5. The van der Waals surface area contributed by atoms with Crippen LogP contribution in [0.4, 0.5) is 0 Å².